The zero-order valence-electron chi connectivity index (χ0n) is 8.06. The molecule has 1 unspecified atom stereocenters. The summed E-state index contributed by atoms with van der Waals surface area (Å²) in [5, 5.41) is 0. The number of hydrogen-bond donors (Lipinski definition) is 3. The highest BCUT2D eigenvalue weighted by Gasteiger charge is 2.07. The van der Waals surface area contributed by atoms with E-state index in [1.807, 2.05) is 27.7 Å². The summed E-state index contributed by atoms with van der Waals surface area (Å²) in [6, 6.07) is -0.0302. The minimum absolute atomic E-state index is 0.00237. The second-order valence-corrected chi connectivity index (χ2v) is 3.72. The first kappa shape index (κ1) is 11.3. The first-order valence-electron chi connectivity index (χ1n) is 3.94. The van der Waals surface area contributed by atoms with Crippen molar-refractivity contribution in [1.82, 2.24) is 16.4 Å². The van der Waals surface area contributed by atoms with E-state index in [9.17, 15) is 4.79 Å². The molecule has 0 fully saturated rings. The molecular formula is C8H17N3O. The summed E-state index contributed by atoms with van der Waals surface area (Å²) < 4.78 is 0. The molecule has 0 aliphatic carbocycles. The lowest BCUT2D eigenvalue weighted by atomic mass is 10.1. The van der Waals surface area contributed by atoms with Crippen molar-refractivity contribution in [1.29, 1.82) is 0 Å². The standard InChI is InChI=1S/C8H17N3O/c1-7(5-6-12)9-11-10-8(2,3)4/h5,7,9-11H,1-4H3. The minimum atomic E-state index is -0.0302. The van der Waals surface area contributed by atoms with E-state index in [1.54, 1.807) is 5.94 Å². The van der Waals surface area contributed by atoms with Crippen LogP contribution in [0.2, 0.25) is 0 Å². The van der Waals surface area contributed by atoms with Crippen molar-refractivity contribution < 1.29 is 4.79 Å². The third-order valence-corrected chi connectivity index (χ3v) is 1.06. The van der Waals surface area contributed by atoms with Gasteiger partial charge in [0.15, 0.2) is 0 Å². The summed E-state index contributed by atoms with van der Waals surface area (Å²) in [5.74, 6) is 1.71. The monoisotopic (exact) mass is 171 g/mol. The zero-order chi connectivity index (χ0) is 9.61. The van der Waals surface area contributed by atoms with Crippen LogP contribution in [-0.4, -0.2) is 17.5 Å². The van der Waals surface area contributed by atoms with Gasteiger partial charge in [-0.3, -0.25) is 0 Å². The summed E-state index contributed by atoms with van der Waals surface area (Å²) >= 11 is 0. The molecule has 0 aromatic rings. The highest BCUT2D eigenvalue weighted by Crippen LogP contribution is 1.94. The lowest BCUT2D eigenvalue weighted by Gasteiger charge is -2.22. The molecule has 4 nitrogen and oxygen atoms in total. The predicted octanol–water partition coefficient (Wildman–Crippen LogP) is 0.160. The normalized spacial score (nSPS) is 13.7. The largest absolute Gasteiger partial charge is 0.239 e. The summed E-state index contributed by atoms with van der Waals surface area (Å²) in [6.07, 6.45) is 1.40. The van der Waals surface area contributed by atoms with E-state index in [-0.39, 0.29) is 11.6 Å². The predicted molar refractivity (Wildman–Crippen MR) is 48.9 cm³/mol. The van der Waals surface area contributed by atoms with Gasteiger partial charge < -0.3 is 0 Å². The average Bonchev–Trinajstić information content (AvgIpc) is 1.84. The van der Waals surface area contributed by atoms with Gasteiger partial charge in [0.25, 0.3) is 0 Å². The van der Waals surface area contributed by atoms with Crippen molar-refractivity contribution in [3.63, 3.8) is 0 Å². The van der Waals surface area contributed by atoms with Crippen molar-refractivity contribution in [2.24, 2.45) is 0 Å². The molecule has 0 aromatic carbocycles. The van der Waals surface area contributed by atoms with Gasteiger partial charge in [-0.2, -0.15) is 5.53 Å². The molecule has 3 N–H and O–H groups in total. The fraction of sp³-hybridized carbons (Fsp3) is 0.750. The summed E-state index contributed by atoms with van der Waals surface area (Å²) in [7, 11) is 0. The molecule has 0 rings (SSSR count). The molecule has 0 aromatic heterocycles. The number of carbonyl (C=O) groups excluding carboxylic acids is 1. The quantitative estimate of drug-likeness (QED) is 0.416. The Kier molecular flexibility index (Phi) is 4.78. The third-order valence-electron chi connectivity index (χ3n) is 1.06. The molecule has 0 saturated carbocycles. The maximum atomic E-state index is 9.91. The first-order valence-corrected chi connectivity index (χ1v) is 3.94. The highest BCUT2D eigenvalue weighted by molar-refractivity contribution is 5.46. The van der Waals surface area contributed by atoms with E-state index < -0.39 is 0 Å². The molecule has 0 aliphatic rings. The van der Waals surface area contributed by atoms with E-state index in [0.29, 0.717) is 0 Å². The molecule has 0 bridgehead atoms. The molecule has 4 heteroatoms. The fourth-order valence-electron chi connectivity index (χ4n) is 0.481. The van der Waals surface area contributed by atoms with E-state index in [1.165, 1.54) is 6.08 Å². The van der Waals surface area contributed by atoms with E-state index in [2.05, 4.69) is 16.4 Å². The number of hydrogen-bond acceptors (Lipinski definition) is 4. The van der Waals surface area contributed by atoms with Gasteiger partial charge in [0, 0.05) is 17.7 Å². The van der Waals surface area contributed by atoms with Crippen molar-refractivity contribution in [2.75, 3.05) is 0 Å². The Balaban J connectivity index is 3.50. The van der Waals surface area contributed by atoms with Gasteiger partial charge in [-0.1, -0.05) is 0 Å². The fourth-order valence-corrected chi connectivity index (χ4v) is 0.481. The third kappa shape index (κ3) is 7.44. The second-order valence-electron chi connectivity index (χ2n) is 3.72. The van der Waals surface area contributed by atoms with E-state index >= 15 is 0 Å². The smallest absolute Gasteiger partial charge is 0.121 e. The van der Waals surface area contributed by atoms with Gasteiger partial charge in [0.05, 0.1) is 0 Å². The van der Waals surface area contributed by atoms with Crippen LogP contribution < -0.4 is 16.4 Å². The zero-order valence-corrected chi connectivity index (χ0v) is 8.06. The topological polar surface area (TPSA) is 53.2 Å². The minimum Gasteiger partial charge on any atom is -0.239 e. The van der Waals surface area contributed by atoms with Crippen molar-refractivity contribution in [3.05, 3.63) is 6.08 Å². The molecule has 1 atom stereocenters. The van der Waals surface area contributed by atoms with E-state index in [0.717, 1.165) is 0 Å². The number of hydrazine groups is 2. The van der Waals surface area contributed by atoms with Crippen LogP contribution in [0.15, 0.2) is 6.08 Å². The van der Waals surface area contributed by atoms with Crippen LogP contribution in [0.5, 0.6) is 0 Å². The van der Waals surface area contributed by atoms with Gasteiger partial charge in [-0.25, -0.2) is 15.6 Å². The maximum absolute atomic E-state index is 9.91. The molecule has 12 heavy (non-hydrogen) atoms. The van der Waals surface area contributed by atoms with Crippen molar-refractivity contribution in [2.45, 2.75) is 39.3 Å². The van der Waals surface area contributed by atoms with Crippen LogP contribution in [0, 0.1) is 0 Å². The molecule has 0 heterocycles. The molecular weight excluding hydrogens is 154 g/mol. The Morgan fingerprint density at radius 2 is 2.00 bits per heavy atom. The Morgan fingerprint density at radius 1 is 1.42 bits per heavy atom. The van der Waals surface area contributed by atoms with Crippen molar-refractivity contribution >= 4 is 5.94 Å². The number of rotatable bonds is 4. The van der Waals surface area contributed by atoms with Gasteiger partial charge in [-0.05, 0) is 27.7 Å². The molecule has 70 valence electrons. The van der Waals surface area contributed by atoms with Gasteiger partial charge in [0.2, 0.25) is 0 Å². The van der Waals surface area contributed by atoms with E-state index in [4.69, 9.17) is 0 Å². The van der Waals surface area contributed by atoms with Crippen LogP contribution in [0.3, 0.4) is 0 Å². The van der Waals surface area contributed by atoms with Crippen LogP contribution in [0.4, 0.5) is 0 Å². The SMILES string of the molecule is CC(C=C=O)NNNC(C)(C)C. The average molecular weight is 171 g/mol. The molecule has 0 aliphatic heterocycles. The van der Waals surface area contributed by atoms with Crippen LogP contribution in [-0.2, 0) is 4.79 Å². The van der Waals surface area contributed by atoms with Crippen LogP contribution >= 0.6 is 0 Å². The summed E-state index contributed by atoms with van der Waals surface area (Å²) in [4.78, 5) is 9.91. The lowest BCUT2D eigenvalue weighted by molar-refractivity contribution is 0.305. The summed E-state index contributed by atoms with van der Waals surface area (Å²) in [5.41, 5.74) is 8.66. The summed E-state index contributed by atoms with van der Waals surface area (Å²) in [6.45, 7) is 7.94. The molecule has 0 saturated heterocycles. The number of nitrogens with one attached hydrogen (secondary N) is 3. The molecule has 0 radical (unpaired) electrons. The molecule has 0 spiro atoms. The second kappa shape index (κ2) is 5.06. The Labute approximate surface area is 73.4 Å². The Hall–Kier alpha value is -0.670. The van der Waals surface area contributed by atoms with Crippen molar-refractivity contribution in [3.8, 4) is 0 Å². The highest BCUT2D eigenvalue weighted by atomic mass is 16.1. The van der Waals surface area contributed by atoms with Crippen LogP contribution in [0.25, 0.3) is 0 Å². The lowest BCUT2D eigenvalue weighted by Crippen LogP contribution is -2.54. The first-order chi connectivity index (χ1) is 5.45. The Bertz CT molecular complexity index is 168. The van der Waals surface area contributed by atoms with Gasteiger partial charge in [0.1, 0.15) is 5.94 Å². The van der Waals surface area contributed by atoms with Crippen LogP contribution in [0.1, 0.15) is 27.7 Å². The maximum Gasteiger partial charge on any atom is 0.121 e. The van der Waals surface area contributed by atoms with Gasteiger partial charge >= 0.3 is 0 Å². The van der Waals surface area contributed by atoms with Gasteiger partial charge in [-0.15, -0.1) is 0 Å². The Morgan fingerprint density at radius 3 is 2.42 bits per heavy atom. The molecule has 0 amide bonds.